The monoisotopic (exact) mass is 286 g/mol. The average Bonchev–Trinajstić information content (AvgIpc) is 2.44. The Labute approximate surface area is 123 Å². The molecular formula is C16H18N2O3. The lowest BCUT2D eigenvalue weighted by molar-refractivity contribution is 0.00293. The second kappa shape index (κ2) is 5.69. The fourth-order valence-electron chi connectivity index (χ4n) is 2.69. The Balaban J connectivity index is 1.75. The van der Waals surface area contributed by atoms with Crippen molar-refractivity contribution in [1.82, 2.24) is 4.98 Å². The van der Waals surface area contributed by atoms with Gasteiger partial charge in [0.2, 0.25) is 0 Å². The van der Waals surface area contributed by atoms with Gasteiger partial charge in [-0.05, 0) is 44.0 Å². The van der Waals surface area contributed by atoms with Gasteiger partial charge in [0.25, 0.3) is 0 Å². The smallest absolute Gasteiger partial charge is 0.336 e. The maximum absolute atomic E-state index is 11.2. The first kappa shape index (κ1) is 13.8. The maximum Gasteiger partial charge on any atom is 0.336 e. The van der Waals surface area contributed by atoms with Gasteiger partial charge in [-0.25, -0.2) is 9.78 Å². The molecule has 1 aromatic heterocycles. The number of pyridine rings is 1. The molecule has 5 heteroatoms. The number of aromatic carboxylic acids is 1. The van der Waals surface area contributed by atoms with E-state index in [2.05, 4.69) is 10.3 Å². The van der Waals surface area contributed by atoms with Gasteiger partial charge in [-0.15, -0.1) is 0 Å². The van der Waals surface area contributed by atoms with E-state index in [4.69, 9.17) is 9.84 Å². The van der Waals surface area contributed by atoms with Gasteiger partial charge in [0.05, 0.1) is 17.2 Å². The molecule has 1 heterocycles. The van der Waals surface area contributed by atoms with Gasteiger partial charge in [0.15, 0.2) is 0 Å². The lowest BCUT2D eigenvalue weighted by Crippen LogP contribution is -2.41. The van der Waals surface area contributed by atoms with E-state index in [9.17, 15) is 4.79 Å². The van der Waals surface area contributed by atoms with E-state index in [0.717, 1.165) is 25.3 Å². The van der Waals surface area contributed by atoms with E-state index < -0.39 is 5.97 Å². The summed E-state index contributed by atoms with van der Waals surface area (Å²) in [5.74, 6) is -0.147. The number of nitrogens with one attached hydrogen (secondary N) is 1. The third kappa shape index (κ3) is 2.83. The summed E-state index contributed by atoms with van der Waals surface area (Å²) < 4.78 is 5.53. The number of nitrogens with zero attached hydrogens (tertiary/aromatic N) is 1. The standard InChI is InChI=1S/C16H18N2O3/c1-2-21-11-8-10(9-11)17-15-7-6-12-13(16(19)20)4-3-5-14(12)18-15/h3-7,10-11H,2,8-9H2,1H3,(H,17,18)(H,19,20). The zero-order valence-corrected chi connectivity index (χ0v) is 11.9. The average molecular weight is 286 g/mol. The van der Waals surface area contributed by atoms with E-state index in [0.29, 0.717) is 23.0 Å². The number of carboxylic acid groups (broad SMARTS) is 1. The number of aromatic nitrogens is 1. The first-order chi connectivity index (χ1) is 10.2. The molecule has 1 saturated carbocycles. The van der Waals surface area contributed by atoms with Crippen LogP contribution in [-0.4, -0.2) is 34.8 Å². The Morgan fingerprint density at radius 2 is 2.19 bits per heavy atom. The van der Waals surface area contributed by atoms with Crippen LogP contribution in [0.3, 0.4) is 0 Å². The molecule has 1 aliphatic rings. The molecule has 0 bridgehead atoms. The summed E-state index contributed by atoms with van der Waals surface area (Å²) in [6.07, 6.45) is 2.33. The molecule has 0 radical (unpaired) electrons. The summed E-state index contributed by atoms with van der Waals surface area (Å²) in [5.41, 5.74) is 0.979. The number of carboxylic acids is 1. The molecule has 0 unspecified atom stereocenters. The molecule has 0 atom stereocenters. The molecule has 2 aromatic rings. The van der Waals surface area contributed by atoms with Crippen LogP contribution >= 0.6 is 0 Å². The topological polar surface area (TPSA) is 71.5 Å². The lowest BCUT2D eigenvalue weighted by Gasteiger charge is -2.35. The number of hydrogen-bond donors (Lipinski definition) is 2. The number of anilines is 1. The molecule has 0 aliphatic heterocycles. The molecule has 5 nitrogen and oxygen atoms in total. The van der Waals surface area contributed by atoms with Gasteiger partial charge in [-0.3, -0.25) is 0 Å². The number of carbonyl (C=O) groups is 1. The summed E-state index contributed by atoms with van der Waals surface area (Å²) in [5, 5.41) is 13.2. The summed E-state index contributed by atoms with van der Waals surface area (Å²) in [4.78, 5) is 15.7. The number of ether oxygens (including phenoxy) is 1. The summed E-state index contributed by atoms with van der Waals surface area (Å²) in [6, 6.07) is 9.18. The van der Waals surface area contributed by atoms with E-state index in [1.165, 1.54) is 0 Å². The highest BCUT2D eigenvalue weighted by Gasteiger charge is 2.29. The van der Waals surface area contributed by atoms with Gasteiger partial charge >= 0.3 is 5.97 Å². The minimum atomic E-state index is -0.929. The van der Waals surface area contributed by atoms with E-state index in [-0.39, 0.29) is 5.56 Å². The molecule has 110 valence electrons. The second-order valence-corrected chi connectivity index (χ2v) is 5.26. The van der Waals surface area contributed by atoms with Crippen molar-refractivity contribution in [3.8, 4) is 0 Å². The molecular weight excluding hydrogens is 268 g/mol. The summed E-state index contributed by atoms with van der Waals surface area (Å²) in [7, 11) is 0. The highest BCUT2D eigenvalue weighted by atomic mass is 16.5. The predicted octanol–water partition coefficient (Wildman–Crippen LogP) is 2.91. The normalized spacial score (nSPS) is 21.0. The Bertz CT molecular complexity index is 666. The first-order valence-corrected chi connectivity index (χ1v) is 7.18. The van der Waals surface area contributed by atoms with E-state index in [1.54, 1.807) is 12.1 Å². The largest absolute Gasteiger partial charge is 0.478 e. The van der Waals surface area contributed by atoms with Crippen LogP contribution in [0.2, 0.25) is 0 Å². The molecule has 1 fully saturated rings. The van der Waals surface area contributed by atoms with Crippen LogP contribution in [0.15, 0.2) is 30.3 Å². The van der Waals surface area contributed by atoms with E-state index in [1.807, 2.05) is 25.1 Å². The molecule has 21 heavy (non-hydrogen) atoms. The zero-order chi connectivity index (χ0) is 14.8. The number of hydrogen-bond acceptors (Lipinski definition) is 4. The van der Waals surface area contributed by atoms with Crippen molar-refractivity contribution >= 4 is 22.7 Å². The first-order valence-electron chi connectivity index (χ1n) is 7.18. The van der Waals surface area contributed by atoms with Crippen molar-refractivity contribution in [2.75, 3.05) is 11.9 Å². The SMILES string of the molecule is CCOC1CC(Nc2ccc3c(C(=O)O)cccc3n2)C1. The Morgan fingerprint density at radius 3 is 2.90 bits per heavy atom. The number of benzene rings is 1. The third-order valence-corrected chi connectivity index (χ3v) is 3.81. The molecule has 0 amide bonds. The molecule has 1 aromatic carbocycles. The molecule has 0 saturated heterocycles. The second-order valence-electron chi connectivity index (χ2n) is 5.26. The Kier molecular flexibility index (Phi) is 3.75. The lowest BCUT2D eigenvalue weighted by atomic mass is 9.89. The van der Waals surface area contributed by atoms with Crippen LogP contribution in [0, 0.1) is 0 Å². The van der Waals surface area contributed by atoms with Crippen LogP contribution in [0.4, 0.5) is 5.82 Å². The van der Waals surface area contributed by atoms with Gasteiger partial charge in [0.1, 0.15) is 5.82 Å². The fourth-order valence-corrected chi connectivity index (χ4v) is 2.69. The summed E-state index contributed by atoms with van der Waals surface area (Å²) in [6.45, 7) is 2.76. The van der Waals surface area contributed by atoms with Crippen molar-refractivity contribution in [3.05, 3.63) is 35.9 Å². The quantitative estimate of drug-likeness (QED) is 0.884. The summed E-state index contributed by atoms with van der Waals surface area (Å²) >= 11 is 0. The van der Waals surface area contributed by atoms with Crippen LogP contribution in [0.1, 0.15) is 30.1 Å². The fraction of sp³-hybridized carbons (Fsp3) is 0.375. The molecule has 1 aliphatic carbocycles. The van der Waals surface area contributed by atoms with Gasteiger partial charge < -0.3 is 15.2 Å². The van der Waals surface area contributed by atoms with Crippen LogP contribution in [-0.2, 0) is 4.74 Å². The predicted molar refractivity (Wildman–Crippen MR) is 80.8 cm³/mol. The maximum atomic E-state index is 11.2. The van der Waals surface area contributed by atoms with Crippen LogP contribution in [0.25, 0.3) is 10.9 Å². The van der Waals surface area contributed by atoms with E-state index >= 15 is 0 Å². The van der Waals surface area contributed by atoms with Crippen LogP contribution in [0.5, 0.6) is 0 Å². The highest BCUT2D eigenvalue weighted by molar-refractivity contribution is 6.02. The van der Waals surface area contributed by atoms with Gasteiger partial charge in [0, 0.05) is 18.0 Å². The zero-order valence-electron chi connectivity index (χ0n) is 11.9. The highest BCUT2D eigenvalue weighted by Crippen LogP contribution is 2.27. The Morgan fingerprint density at radius 1 is 1.38 bits per heavy atom. The van der Waals surface area contributed by atoms with Crippen molar-refractivity contribution in [2.24, 2.45) is 0 Å². The minimum Gasteiger partial charge on any atom is -0.478 e. The van der Waals surface area contributed by atoms with Gasteiger partial charge in [-0.2, -0.15) is 0 Å². The number of fused-ring (bicyclic) bond motifs is 1. The Hall–Kier alpha value is -2.14. The van der Waals surface area contributed by atoms with Gasteiger partial charge in [-0.1, -0.05) is 6.07 Å². The van der Waals surface area contributed by atoms with Crippen molar-refractivity contribution in [1.29, 1.82) is 0 Å². The van der Waals surface area contributed by atoms with Crippen molar-refractivity contribution in [2.45, 2.75) is 31.9 Å². The minimum absolute atomic E-state index is 0.284. The van der Waals surface area contributed by atoms with Crippen LogP contribution < -0.4 is 5.32 Å². The van der Waals surface area contributed by atoms with Crippen molar-refractivity contribution < 1.29 is 14.6 Å². The van der Waals surface area contributed by atoms with Crippen molar-refractivity contribution in [3.63, 3.8) is 0 Å². The third-order valence-electron chi connectivity index (χ3n) is 3.81. The molecule has 3 rings (SSSR count). The molecule has 2 N–H and O–H groups in total. The number of rotatable bonds is 5. The molecule has 0 spiro atoms.